The van der Waals surface area contributed by atoms with Gasteiger partial charge in [-0.15, -0.1) is 0 Å². The molecule has 0 unspecified atom stereocenters. The molecular formula is C27H27ClN2O4. The third kappa shape index (κ3) is 5.24. The number of para-hydroxylation sites is 1. The molecule has 4 rings (SSSR count). The number of hydrogen-bond donors (Lipinski definition) is 1. The number of halogens is 1. The number of methoxy groups -OCH3 is 2. The van der Waals surface area contributed by atoms with Gasteiger partial charge in [-0.25, -0.2) is 0 Å². The van der Waals surface area contributed by atoms with Crippen molar-refractivity contribution in [3.05, 3.63) is 94.1 Å². The average Bonchev–Trinajstić information content (AvgIpc) is 3.18. The Morgan fingerprint density at radius 1 is 0.971 bits per heavy atom. The van der Waals surface area contributed by atoms with E-state index in [1.54, 1.807) is 55.2 Å². The molecule has 6 nitrogen and oxygen atoms in total. The number of fused-ring (bicyclic) bond motifs is 1. The van der Waals surface area contributed by atoms with Crippen molar-refractivity contribution in [2.45, 2.75) is 20.3 Å². The summed E-state index contributed by atoms with van der Waals surface area (Å²) < 4.78 is 12.1. The summed E-state index contributed by atoms with van der Waals surface area (Å²) in [6.45, 7) is 3.92. The Morgan fingerprint density at radius 2 is 1.68 bits per heavy atom. The molecular weight excluding hydrogens is 452 g/mol. The highest BCUT2D eigenvalue weighted by Gasteiger charge is 2.15. The van der Waals surface area contributed by atoms with E-state index in [1.807, 2.05) is 44.2 Å². The fourth-order valence-electron chi connectivity index (χ4n) is 3.75. The molecule has 2 N–H and O–H groups in total. The van der Waals surface area contributed by atoms with Gasteiger partial charge in [-0.1, -0.05) is 30.7 Å². The monoisotopic (exact) mass is 478 g/mol. The van der Waals surface area contributed by atoms with Crippen LogP contribution in [0.4, 0.5) is 0 Å². The number of amides is 1. The first-order valence-electron chi connectivity index (χ1n) is 10.7. The SMILES string of the molecule is CCc1cccc(C(N)=O)c1OC.COc1ccc2c(c1)cc(C)n2C(=O)c1ccc(Cl)cc1. The van der Waals surface area contributed by atoms with Crippen LogP contribution < -0.4 is 15.2 Å². The number of carbonyl (C=O) groups is 2. The van der Waals surface area contributed by atoms with Crippen LogP contribution >= 0.6 is 11.6 Å². The first kappa shape index (κ1) is 24.9. The second-order valence-corrected chi connectivity index (χ2v) is 8.01. The van der Waals surface area contributed by atoms with Gasteiger partial charge in [0.25, 0.3) is 11.8 Å². The highest BCUT2D eigenvalue weighted by Crippen LogP contribution is 2.26. The standard InChI is InChI=1S/C17H14ClNO2.C10H13NO2/c1-11-9-13-10-15(21-2)7-8-16(13)19(11)17(20)12-3-5-14(18)6-4-12;1-3-7-5-4-6-8(10(11)12)9(7)13-2/h3-10H,1-2H3;4-6H,3H2,1-2H3,(H2,11,12). The Kier molecular flexibility index (Phi) is 7.97. The van der Waals surface area contributed by atoms with Gasteiger partial charge in [0.2, 0.25) is 0 Å². The summed E-state index contributed by atoms with van der Waals surface area (Å²) >= 11 is 5.87. The van der Waals surface area contributed by atoms with E-state index in [0.717, 1.165) is 34.3 Å². The number of nitrogens with two attached hydrogens (primary N) is 1. The van der Waals surface area contributed by atoms with Gasteiger partial charge in [-0.05, 0) is 73.5 Å². The van der Waals surface area contributed by atoms with Crippen LogP contribution in [0.25, 0.3) is 10.9 Å². The van der Waals surface area contributed by atoms with Crippen LogP contribution in [0.5, 0.6) is 11.5 Å². The first-order valence-corrected chi connectivity index (χ1v) is 11.1. The largest absolute Gasteiger partial charge is 0.497 e. The number of benzene rings is 3. The Bertz CT molecular complexity index is 1330. The first-order chi connectivity index (χ1) is 16.3. The van der Waals surface area contributed by atoms with Crippen molar-refractivity contribution in [3.8, 4) is 11.5 Å². The fraction of sp³-hybridized carbons (Fsp3) is 0.185. The van der Waals surface area contributed by atoms with Crippen molar-refractivity contribution in [2.75, 3.05) is 14.2 Å². The van der Waals surface area contributed by atoms with Crippen LogP contribution in [-0.4, -0.2) is 30.6 Å². The van der Waals surface area contributed by atoms with Crippen molar-refractivity contribution >= 4 is 34.3 Å². The van der Waals surface area contributed by atoms with Gasteiger partial charge in [-0.3, -0.25) is 14.2 Å². The summed E-state index contributed by atoms with van der Waals surface area (Å²) in [7, 11) is 3.17. The topological polar surface area (TPSA) is 83.6 Å². The van der Waals surface area contributed by atoms with Crippen LogP contribution in [0.2, 0.25) is 5.02 Å². The number of primary amides is 1. The van der Waals surface area contributed by atoms with E-state index in [2.05, 4.69) is 0 Å². The molecule has 0 bridgehead atoms. The minimum absolute atomic E-state index is 0.0654. The van der Waals surface area contributed by atoms with Crippen LogP contribution in [0, 0.1) is 6.92 Å². The summed E-state index contributed by atoms with van der Waals surface area (Å²) in [5, 5.41) is 1.60. The molecule has 1 amide bonds. The maximum atomic E-state index is 12.7. The molecule has 7 heteroatoms. The Hall–Kier alpha value is -3.77. The lowest BCUT2D eigenvalue weighted by molar-refractivity contribution is 0.0961. The normalized spacial score (nSPS) is 10.4. The number of hydrogen-bond acceptors (Lipinski definition) is 4. The third-order valence-electron chi connectivity index (χ3n) is 5.43. The zero-order valence-corrected chi connectivity index (χ0v) is 20.3. The van der Waals surface area contributed by atoms with E-state index in [0.29, 0.717) is 21.9 Å². The molecule has 0 spiro atoms. The van der Waals surface area contributed by atoms with Crippen molar-refractivity contribution in [1.82, 2.24) is 4.57 Å². The molecule has 3 aromatic carbocycles. The maximum Gasteiger partial charge on any atom is 0.262 e. The van der Waals surface area contributed by atoms with E-state index in [1.165, 1.54) is 0 Å². The smallest absolute Gasteiger partial charge is 0.262 e. The highest BCUT2D eigenvalue weighted by atomic mass is 35.5. The minimum Gasteiger partial charge on any atom is -0.497 e. The van der Waals surface area contributed by atoms with Gasteiger partial charge in [0.1, 0.15) is 11.5 Å². The Balaban J connectivity index is 0.000000215. The molecule has 0 fully saturated rings. The summed E-state index contributed by atoms with van der Waals surface area (Å²) in [6, 6.07) is 20.0. The molecule has 0 aliphatic carbocycles. The molecule has 1 aromatic heterocycles. The van der Waals surface area contributed by atoms with Gasteiger partial charge in [0.15, 0.2) is 0 Å². The van der Waals surface area contributed by atoms with Gasteiger partial charge in [0, 0.05) is 21.7 Å². The quantitative estimate of drug-likeness (QED) is 0.401. The molecule has 0 saturated carbocycles. The van der Waals surface area contributed by atoms with Gasteiger partial charge < -0.3 is 15.2 Å². The predicted octanol–water partition coefficient (Wildman–Crippen LogP) is 5.66. The number of nitrogens with zero attached hydrogens (tertiary/aromatic N) is 1. The van der Waals surface area contributed by atoms with Crippen molar-refractivity contribution in [2.24, 2.45) is 5.73 Å². The van der Waals surface area contributed by atoms with Gasteiger partial charge in [0.05, 0.1) is 25.3 Å². The van der Waals surface area contributed by atoms with Gasteiger partial charge in [-0.2, -0.15) is 0 Å². The summed E-state index contributed by atoms with van der Waals surface area (Å²) in [6.07, 6.45) is 0.824. The molecule has 0 atom stereocenters. The van der Waals surface area contributed by atoms with E-state index >= 15 is 0 Å². The van der Waals surface area contributed by atoms with Crippen molar-refractivity contribution in [1.29, 1.82) is 0 Å². The third-order valence-corrected chi connectivity index (χ3v) is 5.69. The molecule has 0 aliphatic rings. The van der Waals surface area contributed by atoms with Crippen LogP contribution in [0.1, 0.15) is 38.9 Å². The predicted molar refractivity (Wildman–Crippen MR) is 135 cm³/mol. The van der Waals surface area contributed by atoms with Crippen LogP contribution in [-0.2, 0) is 6.42 Å². The lowest BCUT2D eigenvalue weighted by Gasteiger charge is -2.09. The fourth-order valence-corrected chi connectivity index (χ4v) is 3.87. The lowest BCUT2D eigenvalue weighted by Crippen LogP contribution is -2.13. The molecule has 176 valence electrons. The number of ether oxygens (including phenoxy) is 2. The van der Waals surface area contributed by atoms with Crippen LogP contribution in [0.3, 0.4) is 0 Å². The lowest BCUT2D eigenvalue weighted by atomic mass is 10.1. The second-order valence-electron chi connectivity index (χ2n) is 7.57. The molecule has 0 saturated heterocycles. The van der Waals surface area contributed by atoms with Gasteiger partial charge >= 0.3 is 0 Å². The molecule has 0 aliphatic heterocycles. The average molecular weight is 479 g/mol. The molecule has 34 heavy (non-hydrogen) atoms. The summed E-state index contributed by atoms with van der Waals surface area (Å²) in [5.74, 6) is 0.854. The van der Waals surface area contributed by atoms with E-state index in [9.17, 15) is 9.59 Å². The number of aromatic nitrogens is 1. The minimum atomic E-state index is -0.452. The zero-order valence-electron chi connectivity index (χ0n) is 19.6. The Morgan fingerprint density at radius 3 is 2.26 bits per heavy atom. The second kappa shape index (κ2) is 10.9. The Labute approximate surface area is 203 Å². The highest BCUT2D eigenvalue weighted by molar-refractivity contribution is 6.30. The molecule has 0 radical (unpaired) electrons. The van der Waals surface area contributed by atoms with E-state index < -0.39 is 5.91 Å². The zero-order chi connectivity index (χ0) is 24.8. The summed E-state index contributed by atoms with van der Waals surface area (Å²) in [5.41, 5.74) is 9.00. The maximum absolute atomic E-state index is 12.7. The number of rotatable bonds is 5. The molecule has 1 heterocycles. The molecule has 4 aromatic rings. The van der Waals surface area contributed by atoms with Crippen molar-refractivity contribution in [3.63, 3.8) is 0 Å². The van der Waals surface area contributed by atoms with Crippen molar-refractivity contribution < 1.29 is 19.1 Å². The van der Waals surface area contributed by atoms with E-state index in [-0.39, 0.29) is 5.91 Å². The van der Waals surface area contributed by atoms with Crippen LogP contribution in [0.15, 0.2) is 66.7 Å². The van der Waals surface area contributed by atoms with E-state index in [4.69, 9.17) is 26.8 Å². The summed E-state index contributed by atoms with van der Waals surface area (Å²) in [4.78, 5) is 23.7. The number of carbonyl (C=O) groups excluding carboxylic acids is 2. The number of aryl methyl sites for hydroxylation is 2.